The lowest BCUT2D eigenvalue weighted by Gasteiger charge is -2.23. The maximum absolute atomic E-state index is 13.2. The van der Waals surface area contributed by atoms with E-state index in [1.54, 1.807) is 19.1 Å². The van der Waals surface area contributed by atoms with Crippen LogP contribution in [0.2, 0.25) is 0 Å². The molecule has 1 saturated heterocycles. The van der Waals surface area contributed by atoms with Crippen molar-refractivity contribution in [2.45, 2.75) is 32.1 Å². The van der Waals surface area contributed by atoms with E-state index >= 15 is 0 Å². The number of rotatable bonds is 8. The average molecular weight is 514 g/mol. The molecule has 2 aromatic heterocycles. The highest BCUT2D eigenvalue weighted by molar-refractivity contribution is 7.90. The molecule has 0 bridgehead atoms. The number of anilines is 1. The van der Waals surface area contributed by atoms with Crippen LogP contribution in [-0.4, -0.2) is 72.4 Å². The molecule has 0 unspecified atom stereocenters. The van der Waals surface area contributed by atoms with Crippen molar-refractivity contribution >= 4 is 38.9 Å². The number of carbonyl (C=O) groups is 2. The summed E-state index contributed by atoms with van der Waals surface area (Å²) in [6, 6.07) is 8.04. The van der Waals surface area contributed by atoms with Gasteiger partial charge in [0.2, 0.25) is 0 Å². The van der Waals surface area contributed by atoms with E-state index in [1.807, 2.05) is 14.0 Å². The van der Waals surface area contributed by atoms with Crippen molar-refractivity contribution in [1.82, 2.24) is 18.8 Å². The number of ether oxygens (including phenoxy) is 1. The van der Waals surface area contributed by atoms with Gasteiger partial charge in [0, 0.05) is 25.2 Å². The molecule has 4 rings (SSSR count). The van der Waals surface area contributed by atoms with Gasteiger partial charge < -0.3 is 9.64 Å². The Morgan fingerprint density at radius 1 is 1.14 bits per heavy atom. The summed E-state index contributed by atoms with van der Waals surface area (Å²) in [5.74, 6) is 0.0929. The Hall–Kier alpha value is -3.31. The van der Waals surface area contributed by atoms with Gasteiger partial charge >= 0.3 is 6.09 Å². The minimum Gasteiger partial charge on any atom is -0.449 e. The average Bonchev–Trinajstić information content (AvgIpc) is 3.46. The van der Waals surface area contributed by atoms with Gasteiger partial charge in [0.05, 0.1) is 24.2 Å². The highest BCUT2D eigenvalue weighted by Gasteiger charge is 2.36. The van der Waals surface area contributed by atoms with Gasteiger partial charge in [0.1, 0.15) is 5.52 Å². The largest absolute Gasteiger partial charge is 0.449 e. The normalized spacial score (nSPS) is 18.4. The summed E-state index contributed by atoms with van der Waals surface area (Å²) in [6.45, 7) is 7.02. The smallest absolute Gasteiger partial charge is 0.415 e. The molecule has 0 N–H and O–H groups in total. The molecule has 3 aromatic rings. The number of hydrogen-bond acceptors (Lipinski definition) is 8. The number of likely N-dealkylation sites (tertiary alicyclic amines) is 1. The van der Waals surface area contributed by atoms with Crippen molar-refractivity contribution in [2.75, 3.05) is 38.2 Å². The first-order valence-electron chi connectivity index (χ1n) is 12.0. The van der Waals surface area contributed by atoms with Crippen LogP contribution in [0.25, 0.3) is 11.2 Å². The third-order valence-corrected chi connectivity index (χ3v) is 8.24. The predicted molar refractivity (Wildman–Crippen MR) is 135 cm³/mol. The van der Waals surface area contributed by atoms with Crippen LogP contribution in [-0.2, 0) is 19.6 Å². The van der Waals surface area contributed by atoms with Gasteiger partial charge in [-0.1, -0.05) is 31.0 Å². The first-order valence-corrected chi connectivity index (χ1v) is 13.4. The van der Waals surface area contributed by atoms with Gasteiger partial charge in [0.25, 0.3) is 10.0 Å². The second-order valence-electron chi connectivity index (χ2n) is 9.11. The molecule has 36 heavy (non-hydrogen) atoms. The van der Waals surface area contributed by atoms with Crippen LogP contribution in [0.1, 0.15) is 25.8 Å². The Balaban J connectivity index is 1.66. The molecule has 0 spiro atoms. The lowest BCUT2D eigenvalue weighted by atomic mass is 9.90. The van der Waals surface area contributed by atoms with E-state index in [9.17, 15) is 18.0 Å². The lowest BCUT2D eigenvalue weighted by Crippen LogP contribution is -2.40. The molecule has 0 radical (unpaired) electrons. The molecule has 1 aromatic carbocycles. The summed E-state index contributed by atoms with van der Waals surface area (Å²) < 4.78 is 32.6. The van der Waals surface area contributed by atoms with Crippen molar-refractivity contribution < 1.29 is 22.7 Å². The number of aromatic nitrogens is 3. The third kappa shape index (κ3) is 4.98. The third-order valence-electron chi connectivity index (χ3n) is 6.56. The Morgan fingerprint density at radius 3 is 2.53 bits per heavy atom. The van der Waals surface area contributed by atoms with Crippen LogP contribution >= 0.6 is 0 Å². The van der Waals surface area contributed by atoms with Gasteiger partial charge in [-0.15, -0.1) is 0 Å². The summed E-state index contributed by atoms with van der Waals surface area (Å²) >= 11 is 0. The van der Waals surface area contributed by atoms with Crippen molar-refractivity contribution in [1.29, 1.82) is 0 Å². The van der Waals surface area contributed by atoms with Gasteiger partial charge in [0.15, 0.2) is 17.2 Å². The van der Waals surface area contributed by atoms with Crippen LogP contribution in [0.5, 0.6) is 0 Å². The molecule has 0 saturated carbocycles. The summed E-state index contributed by atoms with van der Waals surface area (Å²) in [4.78, 5) is 38.2. The Kier molecular flexibility index (Phi) is 7.41. The zero-order valence-corrected chi connectivity index (χ0v) is 21.7. The van der Waals surface area contributed by atoms with Gasteiger partial charge in [-0.05, 0) is 45.0 Å². The van der Waals surface area contributed by atoms with Crippen LogP contribution in [0, 0.1) is 18.8 Å². The molecule has 11 heteroatoms. The summed E-state index contributed by atoms with van der Waals surface area (Å²) in [5.41, 5.74) is 1.34. The molecular weight excluding hydrogens is 482 g/mol. The van der Waals surface area contributed by atoms with Crippen LogP contribution in [0.4, 0.5) is 10.6 Å². The fourth-order valence-corrected chi connectivity index (χ4v) is 5.90. The molecular formula is C25H31N5O5S. The number of hydrogen-bond donors (Lipinski definition) is 0. The molecule has 10 nitrogen and oxygen atoms in total. The standard InChI is InChI=1S/C25H31N5O5S/c1-5-18-14-28(4)15-20(18)22(31)16-29(25(32)35-6-2)23-13-26-24-21(27-23)11-12-30(24)36(33,34)19-9-7-17(3)8-10-19/h7-13,18,20H,5-6,14-16H2,1-4H3/t18-,20+/m1/s1. The summed E-state index contributed by atoms with van der Waals surface area (Å²) in [6.07, 6.45) is 2.84. The van der Waals surface area contributed by atoms with E-state index in [4.69, 9.17) is 4.74 Å². The molecule has 192 valence electrons. The number of nitrogens with zero attached hydrogens (tertiary/aromatic N) is 5. The zero-order chi connectivity index (χ0) is 26.0. The Morgan fingerprint density at radius 2 is 1.86 bits per heavy atom. The number of Topliss-reactive ketones (excluding diaryl/α,β-unsaturated/α-hetero) is 1. The molecule has 1 aliphatic heterocycles. The minimum absolute atomic E-state index is 0.0688. The molecule has 1 amide bonds. The minimum atomic E-state index is -3.89. The quantitative estimate of drug-likeness (QED) is 0.451. The Labute approximate surface area is 210 Å². The van der Waals surface area contributed by atoms with Crippen LogP contribution in [0.3, 0.4) is 0 Å². The second-order valence-corrected chi connectivity index (χ2v) is 10.9. The van der Waals surface area contributed by atoms with Gasteiger partial charge in [-0.2, -0.15) is 0 Å². The first-order chi connectivity index (χ1) is 17.1. The van der Waals surface area contributed by atoms with E-state index in [1.165, 1.54) is 35.5 Å². The fraction of sp³-hybridized carbons (Fsp3) is 0.440. The van der Waals surface area contributed by atoms with E-state index in [0.717, 1.165) is 22.5 Å². The molecule has 1 fully saturated rings. The molecule has 2 atom stereocenters. The summed E-state index contributed by atoms with van der Waals surface area (Å²) in [7, 11) is -1.91. The van der Waals surface area contributed by atoms with Crippen molar-refractivity contribution in [3.63, 3.8) is 0 Å². The topological polar surface area (TPSA) is 115 Å². The molecule has 3 heterocycles. The first kappa shape index (κ1) is 25.8. The second kappa shape index (κ2) is 10.4. The van der Waals surface area contributed by atoms with E-state index in [2.05, 4.69) is 21.8 Å². The predicted octanol–water partition coefficient (Wildman–Crippen LogP) is 3.10. The highest BCUT2D eigenvalue weighted by Crippen LogP contribution is 2.27. The number of ketones is 1. The van der Waals surface area contributed by atoms with Crippen LogP contribution < -0.4 is 4.90 Å². The van der Waals surface area contributed by atoms with Gasteiger partial charge in [-0.3, -0.25) is 9.69 Å². The zero-order valence-electron chi connectivity index (χ0n) is 20.9. The molecule has 0 aliphatic carbocycles. The lowest BCUT2D eigenvalue weighted by molar-refractivity contribution is -0.122. The number of amides is 1. The van der Waals surface area contributed by atoms with Gasteiger partial charge in [-0.25, -0.2) is 27.2 Å². The van der Waals surface area contributed by atoms with Crippen molar-refractivity contribution in [3.8, 4) is 0 Å². The summed E-state index contributed by atoms with van der Waals surface area (Å²) in [5, 5.41) is 0. The SMILES string of the molecule is CCOC(=O)N(CC(=O)[C@H]1CN(C)C[C@H]1CC)c1cnc2c(ccn2S(=O)(=O)c2ccc(C)cc2)n1. The number of aryl methyl sites for hydroxylation is 1. The number of carbonyl (C=O) groups excluding carboxylic acids is 2. The van der Waals surface area contributed by atoms with E-state index in [0.29, 0.717) is 6.54 Å². The fourth-order valence-electron chi connectivity index (χ4n) is 4.60. The maximum atomic E-state index is 13.2. The molecule has 1 aliphatic rings. The van der Waals surface area contributed by atoms with Crippen LogP contribution in [0.15, 0.2) is 47.6 Å². The maximum Gasteiger partial charge on any atom is 0.415 e. The highest BCUT2D eigenvalue weighted by atomic mass is 32.2. The van der Waals surface area contributed by atoms with Crippen molar-refractivity contribution in [2.24, 2.45) is 11.8 Å². The number of fused-ring (bicyclic) bond motifs is 1. The monoisotopic (exact) mass is 513 g/mol. The van der Waals surface area contributed by atoms with E-state index < -0.39 is 16.1 Å². The number of benzene rings is 1. The van der Waals surface area contributed by atoms with Crippen molar-refractivity contribution in [3.05, 3.63) is 48.3 Å². The van der Waals surface area contributed by atoms with E-state index in [-0.39, 0.29) is 52.6 Å². The Bertz CT molecular complexity index is 1370.